The molecule has 1 heterocycles. The smallest absolute Gasteiger partial charge is 0.385 e. The average Bonchev–Trinajstić information content (AvgIpc) is 3.20. The van der Waals surface area contributed by atoms with Gasteiger partial charge in [-0.2, -0.15) is 13.2 Å². The Morgan fingerprint density at radius 3 is 2.55 bits per heavy atom. The molecule has 1 amide bonds. The van der Waals surface area contributed by atoms with E-state index in [1.165, 1.54) is 23.3 Å². The van der Waals surface area contributed by atoms with Crippen LogP contribution in [0.1, 0.15) is 52.7 Å². The summed E-state index contributed by atoms with van der Waals surface area (Å²) in [5, 5.41) is 5.79. The Hall–Kier alpha value is -2.25. The van der Waals surface area contributed by atoms with Crippen LogP contribution in [0.25, 0.3) is 0 Å². The lowest BCUT2D eigenvalue weighted by Crippen LogP contribution is -2.38. The Balaban J connectivity index is 1.27. The number of anilines is 1. The number of fused-ring (bicyclic) bond motifs is 1. The molecule has 2 aliphatic rings. The molecule has 1 fully saturated rings. The highest BCUT2D eigenvalue weighted by Crippen LogP contribution is 2.36. The van der Waals surface area contributed by atoms with E-state index < -0.39 is 22.7 Å². The first kappa shape index (κ1) is 22.0. The minimum absolute atomic E-state index is 0.0634. The van der Waals surface area contributed by atoms with Gasteiger partial charge >= 0.3 is 6.18 Å². The molecule has 2 aromatic rings. The van der Waals surface area contributed by atoms with E-state index in [1.807, 2.05) is 0 Å². The Morgan fingerprint density at radius 2 is 1.81 bits per heavy atom. The van der Waals surface area contributed by atoms with Crippen molar-refractivity contribution in [3.8, 4) is 0 Å². The molecule has 4 rings (SSSR count). The molecule has 1 saturated carbocycles. The predicted molar refractivity (Wildman–Crippen MR) is 113 cm³/mol. The predicted octanol–water partition coefficient (Wildman–Crippen LogP) is 5.79. The van der Waals surface area contributed by atoms with Gasteiger partial charge in [-0.1, -0.05) is 23.7 Å². The summed E-state index contributed by atoms with van der Waals surface area (Å²) in [4.78, 5) is 12.5. The highest BCUT2D eigenvalue weighted by atomic mass is 35.5. The van der Waals surface area contributed by atoms with E-state index in [4.69, 9.17) is 16.3 Å². The van der Waals surface area contributed by atoms with Crippen molar-refractivity contribution in [2.24, 2.45) is 5.92 Å². The summed E-state index contributed by atoms with van der Waals surface area (Å²) in [6, 6.07) is 9.64. The number of ether oxygens (including phenoxy) is 1. The molecule has 0 radical (unpaired) electrons. The Morgan fingerprint density at radius 1 is 1.06 bits per heavy atom. The fourth-order valence-corrected chi connectivity index (χ4v) is 4.56. The van der Waals surface area contributed by atoms with Gasteiger partial charge in [0.05, 0.1) is 29.4 Å². The lowest BCUT2D eigenvalue weighted by Gasteiger charge is -2.29. The van der Waals surface area contributed by atoms with Gasteiger partial charge in [0.2, 0.25) is 0 Å². The molecule has 166 valence electrons. The zero-order valence-electron chi connectivity index (χ0n) is 16.9. The summed E-state index contributed by atoms with van der Waals surface area (Å²) in [5.41, 5.74) is 2.42. The van der Waals surface area contributed by atoms with Crippen molar-refractivity contribution in [3.63, 3.8) is 0 Å². The second-order valence-electron chi connectivity index (χ2n) is 8.21. The number of amides is 1. The molecule has 0 aromatic heterocycles. The first-order chi connectivity index (χ1) is 14.8. The molecule has 2 N–H and O–H groups in total. The van der Waals surface area contributed by atoms with Crippen molar-refractivity contribution in [1.82, 2.24) is 5.32 Å². The maximum atomic E-state index is 13.0. The molecule has 1 aliphatic heterocycles. The third kappa shape index (κ3) is 5.15. The Bertz CT molecular complexity index is 956. The van der Waals surface area contributed by atoms with Crippen LogP contribution in [0.4, 0.5) is 18.9 Å². The van der Waals surface area contributed by atoms with Crippen LogP contribution in [0.3, 0.4) is 0 Å². The van der Waals surface area contributed by atoms with Crippen molar-refractivity contribution in [3.05, 3.63) is 63.7 Å². The quantitative estimate of drug-likeness (QED) is 0.603. The second-order valence-corrected chi connectivity index (χ2v) is 8.59. The number of rotatable bonds is 5. The van der Waals surface area contributed by atoms with Crippen LogP contribution in [0.5, 0.6) is 0 Å². The summed E-state index contributed by atoms with van der Waals surface area (Å²) in [7, 11) is 0. The van der Waals surface area contributed by atoms with Gasteiger partial charge in [-0.05, 0) is 67.0 Å². The van der Waals surface area contributed by atoms with Crippen molar-refractivity contribution < 1.29 is 22.7 Å². The van der Waals surface area contributed by atoms with Gasteiger partial charge in [0.25, 0.3) is 5.91 Å². The number of halogens is 4. The van der Waals surface area contributed by atoms with E-state index in [-0.39, 0.29) is 11.6 Å². The fraction of sp³-hybridized carbons (Fsp3) is 0.435. The van der Waals surface area contributed by atoms with Gasteiger partial charge in [0, 0.05) is 18.3 Å². The lowest BCUT2D eigenvalue weighted by atomic mass is 9.85. The third-order valence-electron chi connectivity index (χ3n) is 6.05. The molecule has 0 saturated heterocycles. The standard InChI is InChI=1S/C23H24ClF3N2O2/c24-21-19(2-1-3-20(21)23(25,26)27)22(30)29-17-7-4-14(5-8-17)11-28-18-9-6-15-12-31-13-16(15)10-18/h1-3,6,9-10,14,17,28H,4-5,7-8,11-13H2,(H,29,30). The molecule has 31 heavy (non-hydrogen) atoms. The molecule has 2 aromatic carbocycles. The summed E-state index contributed by atoms with van der Waals surface area (Å²) >= 11 is 5.87. The number of hydrogen-bond acceptors (Lipinski definition) is 3. The number of carbonyl (C=O) groups is 1. The number of benzene rings is 2. The molecule has 1 aliphatic carbocycles. The minimum Gasteiger partial charge on any atom is -0.385 e. The summed E-state index contributed by atoms with van der Waals surface area (Å²) < 4.78 is 44.5. The third-order valence-corrected chi connectivity index (χ3v) is 6.45. The normalized spacial score (nSPS) is 20.9. The van der Waals surface area contributed by atoms with Crippen molar-refractivity contribution in [1.29, 1.82) is 0 Å². The molecular weight excluding hydrogens is 429 g/mol. The molecule has 8 heteroatoms. The molecule has 4 nitrogen and oxygen atoms in total. The Labute approximate surface area is 184 Å². The SMILES string of the molecule is O=C(NC1CCC(CNc2ccc3c(c2)COC3)CC1)c1cccc(C(F)(F)F)c1Cl. The van der Waals surface area contributed by atoms with Crippen LogP contribution in [0.15, 0.2) is 36.4 Å². The first-order valence-electron chi connectivity index (χ1n) is 10.4. The summed E-state index contributed by atoms with van der Waals surface area (Å²) in [5.74, 6) is -0.0761. The van der Waals surface area contributed by atoms with Gasteiger partial charge in [0.15, 0.2) is 0 Å². The Kier molecular flexibility index (Phi) is 6.44. The highest BCUT2D eigenvalue weighted by molar-refractivity contribution is 6.34. The zero-order valence-corrected chi connectivity index (χ0v) is 17.7. The largest absolute Gasteiger partial charge is 0.417 e. The molecular formula is C23H24ClF3N2O2. The number of hydrogen-bond donors (Lipinski definition) is 2. The lowest BCUT2D eigenvalue weighted by molar-refractivity contribution is -0.137. The second kappa shape index (κ2) is 9.09. The van der Waals surface area contributed by atoms with Gasteiger partial charge in [-0.25, -0.2) is 0 Å². The monoisotopic (exact) mass is 452 g/mol. The van der Waals surface area contributed by atoms with Crippen LogP contribution < -0.4 is 10.6 Å². The van der Waals surface area contributed by atoms with E-state index in [2.05, 4.69) is 28.8 Å². The van der Waals surface area contributed by atoms with Crippen LogP contribution in [-0.2, 0) is 24.1 Å². The van der Waals surface area contributed by atoms with Gasteiger partial charge < -0.3 is 15.4 Å². The van der Waals surface area contributed by atoms with E-state index in [1.54, 1.807) is 0 Å². The number of alkyl halides is 3. The van der Waals surface area contributed by atoms with Crippen LogP contribution in [0, 0.1) is 5.92 Å². The van der Waals surface area contributed by atoms with Crippen LogP contribution >= 0.6 is 11.6 Å². The molecule has 0 bridgehead atoms. The van der Waals surface area contributed by atoms with E-state index in [9.17, 15) is 18.0 Å². The zero-order chi connectivity index (χ0) is 22.0. The summed E-state index contributed by atoms with van der Waals surface area (Å²) in [6.07, 6.45) is -1.16. The van der Waals surface area contributed by atoms with Crippen molar-refractivity contribution in [2.45, 2.75) is 51.1 Å². The maximum absolute atomic E-state index is 13.0. The van der Waals surface area contributed by atoms with Crippen molar-refractivity contribution >= 4 is 23.2 Å². The number of nitrogens with one attached hydrogen (secondary N) is 2. The van der Waals surface area contributed by atoms with Gasteiger partial charge in [0.1, 0.15) is 0 Å². The minimum atomic E-state index is -4.59. The van der Waals surface area contributed by atoms with E-state index in [0.717, 1.165) is 44.0 Å². The molecule has 0 unspecified atom stereocenters. The molecule has 0 atom stereocenters. The van der Waals surface area contributed by atoms with Crippen LogP contribution in [0.2, 0.25) is 5.02 Å². The summed E-state index contributed by atoms with van der Waals surface area (Å²) in [6.45, 7) is 2.18. The van der Waals surface area contributed by atoms with E-state index >= 15 is 0 Å². The molecule has 0 spiro atoms. The van der Waals surface area contributed by atoms with Crippen LogP contribution in [-0.4, -0.2) is 18.5 Å². The average molecular weight is 453 g/mol. The highest BCUT2D eigenvalue weighted by Gasteiger charge is 2.35. The first-order valence-corrected chi connectivity index (χ1v) is 10.8. The topological polar surface area (TPSA) is 50.4 Å². The van der Waals surface area contributed by atoms with E-state index in [0.29, 0.717) is 19.1 Å². The van der Waals surface area contributed by atoms with Gasteiger partial charge in [-0.3, -0.25) is 4.79 Å². The van der Waals surface area contributed by atoms with Crippen molar-refractivity contribution in [2.75, 3.05) is 11.9 Å². The van der Waals surface area contributed by atoms with Gasteiger partial charge in [-0.15, -0.1) is 0 Å². The fourth-order valence-electron chi connectivity index (χ4n) is 4.24. The number of carbonyl (C=O) groups excluding carboxylic acids is 1. The maximum Gasteiger partial charge on any atom is 0.417 e.